The van der Waals surface area contributed by atoms with Gasteiger partial charge in [0.1, 0.15) is 42.4 Å². The first-order valence-corrected chi connectivity index (χ1v) is 18.9. The molecule has 0 amide bonds. The summed E-state index contributed by atoms with van der Waals surface area (Å²) in [6, 6.07) is 2.01. The third kappa shape index (κ3) is 12.8. The van der Waals surface area contributed by atoms with Crippen LogP contribution in [0.15, 0.2) is 38.9 Å². The summed E-state index contributed by atoms with van der Waals surface area (Å²) >= 11 is 0. The van der Waals surface area contributed by atoms with Crippen molar-refractivity contribution in [2.45, 2.75) is 49.1 Å². The van der Waals surface area contributed by atoms with Crippen molar-refractivity contribution in [1.29, 1.82) is 0 Å². The van der Waals surface area contributed by atoms with E-state index in [1.165, 1.54) is 0 Å². The zero-order valence-electron chi connectivity index (χ0n) is 26.7. The van der Waals surface area contributed by atoms with Crippen LogP contribution in [0.4, 0.5) is 5.82 Å². The number of nitrogens with zero attached hydrogens (tertiary/aromatic N) is 3. The number of H-pyrrole nitrogens is 1. The fraction of sp³-hybridized carbons (Fsp3) is 0.556. The molecule has 23 N–H and O–H groups in total. The molecule has 0 spiro atoms. The number of anilines is 1. The minimum Gasteiger partial charge on any atom is -0.387 e. The first-order valence-electron chi connectivity index (χ1n) is 12.9. The highest BCUT2D eigenvalue weighted by molar-refractivity contribution is 7.69. The predicted molar refractivity (Wildman–Crippen MR) is 171 cm³/mol. The van der Waals surface area contributed by atoms with E-state index in [9.17, 15) is 72.6 Å². The normalized spacial score (nSPS) is 29.7. The molecule has 31 nitrogen and oxygen atoms in total. The second-order valence-electron chi connectivity index (χ2n) is 9.86. The molecule has 2 fully saturated rings. The van der Waals surface area contributed by atoms with Crippen LogP contribution in [0.2, 0.25) is 0 Å². The van der Waals surface area contributed by atoms with Crippen molar-refractivity contribution in [2.24, 2.45) is 0 Å². The maximum Gasteiger partial charge on any atom is 0.490 e. The molecule has 53 heavy (non-hydrogen) atoms. The molecule has 4 rings (SSSR count). The lowest BCUT2D eigenvalue weighted by molar-refractivity contribution is -0.0543. The number of rotatable bonds is 14. The molecule has 35 heteroatoms. The van der Waals surface area contributed by atoms with Gasteiger partial charge in [-0.25, -0.2) is 27.8 Å². The zero-order valence-corrected chi connectivity index (χ0v) is 30.2. The monoisotopic (exact) mass is 857 g/mol. The van der Waals surface area contributed by atoms with Crippen LogP contribution in [0.3, 0.4) is 0 Å². The van der Waals surface area contributed by atoms with E-state index in [0.717, 1.165) is 24.5 Å². The molecular formula is C18H39N9O22P4. The third-order valence-electron chi connectivity index (χ3n) is 6.35. The number of hydrogen-bond acceptors (Lipinski definition) is 24. The standard InChI is InChI=1S/C18H27N5O22P4.4H3N/c19-9-1-3-22(17(29)20-9)15-13(27)11(25)7(41-15)5-39-46(31,32)43-48(35,36)45-49(37,38)44-47(33,34)40-6-8-12(26)14(28)16(42-8)23-4-2-10(24)21-18(23)30;;;;/h1-4,7-8,11-16,25-28H,5-6H2,(H,31,32)(H,33,34)(H,35,36)(H,37,38)(H2,19,20,29)(H,21,24,30);4*1H3/t7-,8-,11-,12-,13-,14-,15+,16-;;;;/m1..../s1. The minimum atomic E-state index is -6.23. The maximum absolute atomic E-state index is 12.2. The number of nitrogens with one attached hydrogen (secondary N) is 1. The van der Waals surface area contributed by atoms with Gasteiger partial charge in [0.2, 0.25) is 0 Å². The molecule has 2 aliphatic rings. The highest BCUT2D eigenvalue weighted by atomic mass is 31.3. The van der Waals surface area contributed by atoms with Crippen LogP contribution >= 0.6 is 31.3 Å². The molecule has 0 radical (unpaired) electrons. The van der Waals surface area contributed by atoms with Crippen molar-refractivity contribution < 1.29 is 89.7 Å². The summed E-state index contributed by atoms with van der Waals surface area (Å²) in [5.41, 5.74) is 2.47. The van der Waals surface area contributed by atoms with Gasteiger partial charge in [0.15, 0.2) is 12.5 Å². The summed E-state index contributed by atoms with van der Waals surface area (Å²) in [6.07, 6.45) is -12.3. The largest absolute Gasteiger partial charge is 0.490 e. The molecule has 12 atom stereocenters. The second-order valence-corrected chi connectivity index (χ2v) is 16.1. The molecule has 0 aliphatic carbocycles. The van der Waals surface area contributed by atoms with Gasteiger partial charge in [-0.3, -0.25) is 28.0 Å². The van der Waals surface area contributed by atoms with E-state index < -0.39 is 111 Å². The van der Waals surface area contributed by atoms with Gasteiger partial charge in [0.25, 0.3) is 5.56 Å². The van der Waals surface area contributed by atoms with E-state index in [1.54, 1.807) is 0 Å². The molecule has 0 bridgehead atoms. The number of aromatic amines is 1. The minimum absolute atomic E-state index is 0. The summed E-state index contributed by atoms with van der Waals surface area (Å²) < 4.78 is 80.7. The summed E-state index contributed by atoms with van der Waals surface area (Å²) in [6.45, 7) is -2.39. The number of aliphatic hydroxyl groups is 4. The Morgan fingerprint density at radius 3 is 1.49 bits per heavy atom. The Kier molecular flexibility index (Phi) is 18.0. The van der Waals surface area contributed by atoms with Gasteiger partial charge in [-0.15, -0.1) is 0 Å². The van der Waals surface area contributed by atoms with E-state index in [0.29, 0.717) is 9.13 Å². The third-order valence-corrected chi connectivity index (χ3v) is 12.3. The molecule has 4 heterocycles. The average Bonchev–Trinajstić information content (AvgIpc) is 3.38. The average molecular weight is 857 g/mol. The number of phosphoric acid groups is 4. The Morgan fingerprint density at radius 2 is 1.08 bits per heavy atom. The first kappa shape index (κ1) is 50.5. The van der Waals surface area contributed by atoms with Crippen LogP contribution in [0.25, 0.3) is 0 Å². The lowest BCUT2D eigenvalue weighted by atomic mass is 10.1. The maximum atomic E-state index is 12.2. The van der Waals surface area contributed by atoms with Crippen molar-refractivity contribution in [3.8, 4) is 0 Å². The van der Waals surface area contributed by atoms with Crippen LogP contribution < -0.4 is 47.3 Å². The van der Waals surface area contributed by atoms with E-state index >= 15 is 0 Å². The van der Waals surface area contributed by atoms with Crippen LogP contribution in [-0.4, -0.2) is 109 Å². The van der Waals surface area contributed by atoms with Gasteiger partial charge in [0, 0.05) is 18.5 Å². The van der Waals surface area contributed by atoms with Gasteiger partial charge >= 0.3 is 42.7 Å². The highest BCUT2D eigenvalue weighted by Crippen LogP contribution is 2.71. The van der Waals surface area contributed by atoms with E-state index in [1.807, 2.05) is 4.98 Å². The van der Waals surface area contributed by atoms with Crippen LogP contribution in [0, 0.1) is 0 Å². The number of aromatic nitrogens is 4. The SMILES string of the molecule is N.N.N.N.Nc1ccn([C@H]2O[C@H](COP(=O)(O)OP(=O)(O)OP(=O)(O)OP(=O)(O)OC[C@H]3O[C@@H](n4ccc(=O)[nH]c4=O)[C@H](O)[C@@H]3O)[C@@H](O)[C@H]2O)c(=O)n1. The zero-order chi connectivity index (χ0) is 36.7. The molecule has 0 aromatic carbocycles. The quantitative estimate of drug-likeness (QED) is 0.0829. The number of hydrogen-bond donors (Lipinski definition) is 14. The fourth-order valence-electron chi connectivity index (χ4n) is 4.24. The fourth-order valence-corrected chi connectivity index (χ4v) is 9.20. The van der Waals surface area contributed by atoms with Crippen molar-refractivity contribution in [2.75, 3.05) is 18.9 Å². The number of nitrogen functional groups attached to an aromatic ring is 1. The lowest BCUT2D eigenvalue weighted by Gasteiger charge is -2.21. The summed E-state index contributed by atoms with van der Waals surface area (Å²) in [7, 11) is -24.1. The van der Waals surface area contributed by atoms with Crippen molar-refractivity contribution in [3.05, 3.63) is 55.8 Å². The van der Waals surface area contributed by atoms with Crippen LogP contribution in [-0.2, 0) is 49.7 Å². The Morgan fingerprint density at radius 1 is 0.679 bits per heavy atom. The van der Waals surface area contributed by atoms with Gasteiger partial charge in [-0.1, -0.05) is 0 Å². The predicted octanol–water partition coefficient (Wildman–Crippen LogP) is -3.25. The number of nitrogens with two attached hydrogens (primary N) is 1. The highest BCUT2D eigenvalue weighted by Gasteiger charge is 2.50. The molecule has 4 unspecified atom stereocenters. The molecule has 0 saturated carbocycles. The van der Waals surface area contributed by atoms with Crippen molar-refractivity contribution in [1.82, 2.24) is 43.7 Å². The smallest absolute Gasteiger partial charge is 0.387 e. The molecule has 2 aromatic heterocycles. The van der Waals surface area contributed by atoms with Crippen molar-refractivity contribution >= 4 is 37.1 Å². The van der Waals surface area contributed by atoms with Gasteiger partial charge in [0.05, 0.1) is 13.2 Å². The van der Waals surface area contributed by atoms with E-state index in [4.69, 9.17) is 15.2 Å². The van der Waals surface area contributed by atoms with E-state index in [2.05, 4.69) is 27.0 Å². The summed E-state index contributed by atoms with van der Waals surface area (Å²) in [5.74, 6) is -0.187. The molecular weight excluding hydrogens is 818 g/mol. The molecule has 2 aliphatic heterocycles. The summed E-state index contributed by atoms with van der Waals surface area (Å²) in [5, 5.41) is 40.8. The molecule has 2 aromatic rings. The topological polar surface area (TPSA) is 551 Å². The number of phosphoric ester groups is 2. The lowest BCUT2D eigenvalue weighted by Crippen LogP contribution is -2.37. The van der Waals surface area contributed by atoms with E-state index in [-0.39, 0.29) is 30.4 Å². The Hall–Kier alpha value is -2.48. The van der Waals surface area contributed by atoms with Crippen molar-refractivity contribution in [3.63, 3.8) is 0 Å². The van der Waals surface area contributed by atoms with Crippen LogP contribution in [0.5, 0.6) is 0 Å². The Balaban J connectivity index is 0.00000676. The summed E-state index contributed by atoms with van der Waals surface area (Å²) in [4.78, 5) is 79.5. The number of ether oxygens (including phenoxy) is 2. The Labute approximate surface area is 294 Å². The molecule has 308 valence electrons. The molecule has 2 saturated heterocycles. The van der Waals surface area contributed by atoms with Gasteiger partial charge < -0.3 is 79.8 Å². The van der Waals surface area contributed by atoms with Crippen LogP contribution in [0.1, 0.15) is 12.5 Å². The Bertz CT molecular complexity index is 1910. The van der Waals surface area contributed by atoms with Gasteiger partial charge in [-0.2, -0.15) is 17.9 Å². The first-order chi connectivity index (χ1) is 22.5. The second kappa shape index (κ2) is 18.9. The number of aliphatic hydroxyl groups excluding tert-OH is 4. The van der Waals surface area contributed by atoms with Gasteiger partial charge in [-0.05, 0) is 6.07 Å².